The Kier molecular flexibility index (Phi) is 4.42. The van der Waals surface area contributed by atoms with E-state index in [9.17, 15) is 9.59 Å². The molecule has 6 heteroatoms. The van der Waals surface area contributed by atoms with Crippen LogP contribution < -0.4 is 5.32 Å². The lowest BCUT2D eigenvalue weighted by Gasteiger charge is -2.36. The average Bonchev–Trinajstić information content (AvgIpc) is 2.90. The van der Waals surface area contributed by atoms with Crippen LogP contribution in [0.5, 0.6) is 0 Å². The molecule has 1 saturated heterocycles. The van der Waals surface area contributed by atoms with Crippen LogP contribution in [0, 0.1) is 0 Å². The third kappa shape index (κ3) is 3.47. The van der Waals surface area contributed by atoms with Crippen LogP contribution in [-0.4, -0.2) is 65.2 Å². The Morgan fingerprint density at radius 1 is 1.21 bits per heavy atom. The number of carbonyl (C=O) groups excluding carboxylic acids is 1. The molecule has 1 atom stereocenters. The van der Waals surface area contributed by atoms with E-state index in [4.69, 9.17) is 5.11 Å². The molecule has 0 bridgehead atoms. The maximum Gasteiger partial charge on any atom is 0.320 e. The monoisotopic (exact) mass is 267 g/mol. The quantitative estimate of drug-likeness (QED) is 0.731. The second-order valence-electron chi connectivity index (χ2n) is 5.13. The highest BCUT2D eigenvalue weighted by molar-refractivity contribution is 5.75. The fourth-order valence-electron chi connectivity index (χ4n) is 2.47. The first-order valence-corrected chi connectivity index (χ1v) is 6.75. The summed E-state index contributed by atoms with van der Waals surface area (Å²) >= 11 is 0. The van der Waals surface area contributed by atoms with E-state index in [1.54, 1.807) is 11.8 Å². The largest absolute Gasteiger partial charge is 0.480 e. The van der Waals surface area contributed by atoms with Crippen LogP contribution in [0.4, 0.5) is 4.79 Å². The lowest BCUT2D eigenvalue weighted by atomic mass is 10.2. The van der Waals surface area contributed by atoms with Gasteiger partial charge in [0, 0.05) is 32.2 Å². The lowest BCUT2D eigenvalue weighted by molar-refractivity contribution is -0.143. The number of piperazine rings is 1. The first-order valence-electron chi connectivity index (χ1n) is 6.75. The van der Waals surface area contributed by atoms with Crippen LogP contribution in [0.25, 0.3) is 0 Å². The minimum Gasteiger partial charge on any atom is -0.480 e. The van der Waals surface area contributed by atoms with Crippen molar-refractivity contribution >= 4 is 12.0 Å². The van der Waals surface area contributed by atoms with Crippen molar-refractivity contribution in [1.82, 2.24) is 15.1 Å². The molecule has 0 saturated carbocycles. The van der Waals surface area contributed by atoms with Crippen molar-refractivity contribution in [2.24, 2.45) is 0 Å². The molecule has 1 aliphatic carbocycles. The van der Waals surface area contributed by atoms with Crippen LogP contribution >= 0.6 is 0 Å². The molecule has 0 aromatic rings. The average molecular weight is 267 g/mol. The van der Waals surface area contributed by atoms with Crippen LogP contribution in [0.15, 0.2) is 12.2 Å². The molecule has 6 nitrogen and oxygen atoms in total. The summed E-state index contributed by atoms with van der Waals surface area (Å²) < 4.78 is 0. The van der Waals surface area contributed by atoms with Crippen molar-refractivity contribution in [3.8, 4) is 0 Å². The molecule has 1 unspecified atom stereocenters. The van der Waals surface area contributed by atoms with Crippen molar-refractivity contribution in [2.75, 3.05) is 26.2 Å². The SMILES string of the molecule is CC(C(=O)O)N1CCN(C(=O)NC2CC=CC2)CC1. The molecule has 106 valence electrons. The Hall–Kier alpha value is -1.56. The summed E-state index contributed by atoms with van der Waals surface area (Å²) in [5.41, 5.74) is 0. The van der Waals surface area contributed by atoms with Gasteiger partial charge < -0.3 is 15.3 Å². The number of carbonyl (C=O) groups is 2. The number of nitrogens with zero attached hydrogens (tertiary/aromatic N) is 2. The lowest BCUT2D eigenvalue weighted by Crippen LogP contribution is -2.56. The highest BCUT2D eigenvalue weighted by Crippen LogP contribution is 2.11. The molecule has 2 amide bonds. The van der Waals surface area contributed by atoms with Crippen molar-refractivity contribution in [2.45, 2.75) is 31.8 Å². The van der Waals surface area contributed by atoms with Gasteiger partial charge in [-0.25, -0.2) is 4.79 Å². The topological polar surface area (TPSA) is 72.9 Å². The summed E-state index contributed by atoms with van der Waals surface area (Å²) in [5, 5.41) is 12.0. The van der Waals surface area contributed by atoms with Gasteiger partial charge in [0.15, 0.2) is 0 Å². The number of hydrogen-bond donors (Lipinski definition) is 2. The molecule has 2 N–H and O–H groups in total. The van der Waals surface area contributed by atoms with Gasteiger partial charge in [-0.2, -0.15) is 0 Å². The zero-order chi connectivity index (χ0) is 13.8. The Balaban J connectivity index is 1.76. The molecule has 19 heavy (non-hydrogen) atoms. The summed E-state index contributed by atoms with van der Waals surface area (Å²) in [6, 6.07) is -0.288. The Bertz CT molecular complexity index is 367. The third-order valence-electron chi connectivity index (χ3n) is 3.84. The molecule has 1 fully saturated rings. The van der Waals surface area contributed by atoms with Gasteiger partial charge in [0.1, 0.15) is 6.04 Å². The summed E-state index contributed by atoms with van der Waals surface area (Å²) in [6.45, 7) is 4.09. The maximum absolute atomic E-state index is 12.0. The number of carboxylic acid groups (broad SMARTS) is 1. The highest BCUT2D eigenvalue weighted by atomic mass is 16.4. The molecule has 2 aliphatic rings. The predicted molar refractivity (Wildman–Crippen MR) is 70.9 cm³/mol. The number of hydrogen-bond acceptors (Lipinski definition) is 3. The summed E-state index contributed by atoms with van der Waals surface area (Å²) in [7, 11) is 0. The van der Waals surface area contributed by atoms with E-state index in [1.165, 1.54) is 0 Å². The Morgan fingerprint density at radius 2 is 1.79 bits per heavy atom. The van der Waals surface area contributed by atoms with Gasteiger partial charge in [-0.15, -0.1) is 0 Å². The van der Waals surface area contributed by atoms with Gasteiger partial charge in [0.25, 0.3) is 0 Å². The Labute approximate surface area is 113 Å². The van der Waals surface area contributed by atoms with E-state index >= 15 is 0 Å². The normalized spacial score (nSPS) is 22.5. The standard InChI is InChI=1S/C13H21N3O3/c1-10(12(17)18)15-6-8-16(9-7-15)13(19)14-11-4-2-3-5-11/h2-3,10-11H,4-9H2,1H3,(H,14,19)(H,17,18). The van der Waals surface area contributed by atoms with Crippen molar-refractivity contribution < 1.29 is 14.7 Å². The number of rotatable bonds is 3. The van der Waals surface area contributed by atoms with Crippen LogP contribution in [-0.2, 0) is 4.79 Å². The van der Waals surface area contributed by atoms with Gasteiger partial charge in [-0.3, -0.25) is 9.69 Å². The number of amides is 2. The molecular weight excluding hydrogens is 246 g/mol. The van der Waals surface area contributed by atoms with Crippen LogP contribution in [0.2, 0.25) is 0 Å². The molecule has 0 spiro atoms. The molecule has 0 aromatic carbocycles. The molecule has 1 heterocycles. The number of carboxylic acids is 1. The van der Waals surface area contributed by atoms with E-state index in [0.717, 1.165) is 12.8 Å². The van der Waals surface area contributed by atoms with Crippen LogP contribution in [0.3, 0.4) is 0 Å². The fourth-order valence-corrected chi connectivity index (χ4v) is 2.47. The molecule has 0 aromatic heterocycles. The molecule has 1 aliphatic heterocycles. The zero-order valence-electron chi connectivity index (χ0n) is 11.2. The van der Waals surface area contributed by atoms with Gasteiger partial charge in [-0.1, -0.05) is 12.2 Å². The van der Waals surface area contributed by atoms with E-state index in [1.807, 2.05) is 4.90 Å². The second kappa shape index (κ2) is 6.06. The zero-order valence-corrected chi connectivity index (χ0v) is 11.2. The van der Waals surface area contributed by atoms with Crippen molar-refractivity contribution in [1.29, 1.82) is 0 Å². The second-order valence-corrected chi connectivity index (χ2v) is 5.13. The fraction of sp³-hybridized carbons (Fsp3) is 0.692. The third-order valence-corrected chi connectivity index (χ3v) is 3.84. The molecule has 2 rings (SSSR count). The summed E-state index contributed by atoms with van der Waals surface area (Å²) in [4.78, 5) is 26.6. The highest BCUT2D eigenvalue weighted by Gasteiger charge is 2.27. The molecule has 0 radical (unpaired) electrons. The van der Waals surface area contributed by atoms with Crippen molar-refractivity contribution in [3.05, 3.63) is 12.2 Å². The maximum atomic E-state index is 12.0. The minimum absolute atomic E-state index is 0.0312. The summed E-state index contributed by atoms with van der Waals surface area (Å²) in [5.74, 6) is -0.810. The van der Waals surface area contributed by atoms with E-state index < -0.39 is 12.0 Å². The Morgan fingerprint density at radius 3 is 2.32 bits per heavy atom. The van der Waals surface area contributed by atoms with E-state index in [-0.39, 0.29) is 12.1 Å². The van der Waals surface area contributed by atoms with E-state index in [2.05, 4.69) is 17.5 Å². The van der Waals surface area contributed by atoms with Gasteiger partial charge in [-0.05, 0) is 19.8 Å². The first-order chi connectivity index (χ1) is 9.08. The number of urea groups is 1. The van der Waals surface area contributed by atoms with Gasteiger partial charge in [0.2, 0.25) is 0 Å². The number of nitrogens with one attached hydrogen (secondary N) is 1. The molecular formula is C13H21N3O3. The summed E-state index contributed by atoms with van der Waals surface area (Å²) in [6.07, 6.45) is 5.97. The van der Waals surface area contributed by atoms with Crippen molar-refractivity contribution in [3.63, 3.8) is 0 Å². The number of aliphatic carboxylic acids is 1. The minimum atomic E-state index is -0.810. The first kappa shape index (κ1) is 13.9. The van der Waals surface area contributed by atoms with Gasteiger partial charge in [0.05, 0.1) is 0 Å². The smallest absolute Gasteiger partial charge is 0.320 e. The van der Waals surface area contributed by atoms with Gasteiger partial charge >= 0.3 is 12.0 Å². The van der Waals surface area contributed by atoms with E-state index in [0.29, 0.717) is 26.2 Å². The predicted octanol–water partition coefficient (Wildman–Crippen LogP) is 0.505. The van der Waals surface area contributed by atoms with Crippen LogP contribution in [0.1, 0.15) is 19.8 Å².